The first-order chi connectivity index (χ1) is 9.36. The molecule has 1 rings (SSSR count). The molecule has 0 aliphatic heterocycles. The van der Waals surface area contributed by atoms with Gasteiger partial charge in [-0.05, 0) is 48.6 Å². The molecule has 0 aliphatic carbocycles. The number of carbonyl (C=O) groups excluding carboxylic acids is 1. The molecule has 6 nitrogen and oxygen atoms in total. The van der Waals surface area contributed by atoms with E-state index in [2.05, 4.69) is 0 Å². The molecule has 0 aromatic heterocycles. The summed E-state index contributed by atoms with van der Waals surface area (Å²) in [7, 11) is -2.70. The molecule has 0 aliphatic rings. The molecule has 7 heteroatoms. The number of hydrogen-bond acceptors (Lipinski definition) is 5. The number of carbonyl (C=O) groups is 1. The van der Waals surface area contributed by atoms with Crippen molar-refractivity contribution in [3.05, 3.63) is 28.8 Å². The van der Waals surface area contributed by atoms with Crippen molar-refractivity contribution in [2.24, 2.45) is 0 Å². The van der Waals surface area contributed by atoms with Gasteiger partial charge in [-0.15, -0.1) is 0 Å². The molecular formula is C13H18O6P+. The molecule has 20 heavy (non-hydrogen) atoms. The Hall–Kier alpha value is -1.49. The zero-order valence-corrected chi connectivity index (χ0v) is 12.5. The normalized spacial score (nSPS) is 12.8. The monoisotopic (exact) mass is 301 g/mol. The number of hydrogen-bond donors (Lipinski definition) is 2. The van der Waals surface area contributed by atoms with E-state index in [1.807, 2.05) is 0 Å². The predicted octanol–water partition coefficient (Wildman–Crippen LogP) is 1.97. The second-order valence-electron chi connectivity index (χ2n) is 4.25. The lowest BCUT2D eigenvalue weighted by Gasteiger charge is -2.13. The van der Waals surface area contributed by atoms with Crippen LogP contribution in [0.1, 0.15) is 29.5 Å². The van der Waals surface area contributed by atoms with Gasteiger partial charge in [-0.3, -0.25) is 0 Å². The highest BCUT2D eigenvalue weighted by atomic mass is 31.1. The van der Waals surface area contributed by atoms with Crippen molar-refractivity contribution >= 4 is 14.0 Å². The molecule has 0 saturated heterocycles. The standard InChI is InChI=1S/C13H17O6P/c1-4-18-11(14)7-19-12-8(2)5-10(6-9(12)3)13(15)20(16)17/h5-6,13,15H,4,7H2,1-3H3/p+1. The lowest BCUT2D eigenvalue weighted by Crippen LogP contribution is -2.15. The molecule has 0 fully saturated rings. The Morgan fingerprint density at radius 2 is 1.90 bits per heavy atom. The quantitative estimate of drug-likeness (QED) is 0.616. The van der Waals surface area contributed by atoms with Gasteiger partial charge in [0.1, 0.15) is 5.75 Å². The fraction of sp³-hybridized carbons (Fsp3) is 0.462. The van der Waals surface area contributed by atoms with Crippen LogP contribution in [0.3, 0.4) is 0 Å². The topological polar surface area (TPSA) is 93.1 Å². The third-order valence-corrected chi connectivity index (χ3v) is 3.35. The second-order valence-corrected chi connectivity index (χ2v) is 5.35. The van der Waals surface area contributed by atoms with Crippen LogP contribution in [0.25, 0.3) is 0 Å². The Balaban J connectivity index is 2.89. The van der Waals surface area contributed by atoms with Crippen LogP contribution >= 0.6 is 8.03 Å². The smallest absolute Gasteiger partial charge is 0.481 e. The molecule has 0 saturated carbocycles. The van der Waals surface area contributed by atoms with Gasteiger partial charge in [0.2, 0.25) is 0 Å². The number of esters is 1. The van der Waals surface area contributed by atoms with E-state index in [0.29, 0.717) is 22.4 Å². The minimum absolute atomic E-state index is 0.203. The fourth-order valence-corrected chi connectivity index (χ4v) is 2.23. The van der Waals surface area contributed by atoms with Crippen molar-refractivity contribution in [1.82, 2.24) is 0 Å². The summed E-state index contributed by atoms with van der Waals surface area (Å²) in [6.07, 6.45) is 0. The van der Waals surface area contributed by atoms with Crippen LogP contribution in [0.4, 0.5) is 0 Å². The van der Waals surface area contributed by atoms with Gasteiger partial charge in [0.25, 0.3) is 0 Å². The van der Waals surface area contributed by atoms with E-state index in [1.165, 1.54) is 0 Å². The molecule has 0 spiro atoms. The third kappa shape index (κ3) is 4.27. The van der Waals surface area contributed by atoms with Crippen LogP contribution in [-0.4, -0.2) is 29.2 Å². The molecular weight excluding hydrogens is 283 g/mol. The zero-order valence-electron chi connectivity index (χ0n) is 11.6. The Kier molecular flexibility index (Phi) is 6.07. The van der Waals surface area contributed by atoms with Crippen LogP contribution in [-0.2, 0) is 14.1 Å². The van der Waals surface area contributed by atoms with Crippen molar-refractivity contribution in [3.63, 3.8) is 0 Å². The van der Waals surface area contributed by atoms with E-state index in [1.54, 1.807) is 32.9 Å². The summed E-state index contributed by atoms with van der Waals surface area (Å²) in [6, 6.07) is 3.11. The number of aliphatic hydroxyl groups is 1. The highest BCUT2D eigenvalue weighted by Gasteiger charge is 2.29. The fourth-order valence-electron chi connectivity index (χ4n) is 1.82. The molecule has 0 heterocycles. The van der Waals surface area contributed by atoms with E-state index in [-0.39, 0.29) is 13.2 Å². The number of benzene rings is 1. The van der Waals surface area contributed by atoms with Crippen LogP contribution in [0, 0.1) is 13.8 Å². The van der Waals surface area contributed by atoms with Gasteiger partial charge in [0.15, 0.2) is 6.61 Å². The van der Waals surface area contributed by atoms with E-state index >= 15 is 0 Å². The summed E-state index contributed by atoms with van der Waals surface area (Å²) in [4.78, 5) is 20.2. The molecule has 2 unspecified atom stereocenters. The SMILES string of the molecule is CCOC(=O)COc1c(C)cc(C(O)[P+](=O)O)cc1C. The molecule has 0 radical (unpaired) electrons. The summed E-state index contributed by atoms with van der Waals surface area (Å²) >= 11 is 0. The zero-order chi connectivity index (χ0) is 15.3. The Morgan fingerprint density at radius 1 is 1.35 bits per heavy atom. The van der Waals surface area contributed by atoms with Crippen molar-refractivity contribution in [1.29, 1.82) is 0 Å². The predicted molar refractivity (Wildman–Crippen MR) is 72.8 cm³/mol. The van der Waals surface area contributed by atoms with Gasteiger partial charge in [0, 0.05) is 5.56 Å². The Morgan fingerprint density at radius 3 is 2.35 bits per heavy atom. The van der Waals surface area contributed by atoms with Crippen molar-refractivity contribution in [2.45, 2.75) is 26.6 Å². The average Bonchev–Trinajstić information content (AvgIpc) is 2.36. The van der Waals surface area contributed by atoms with Gasteiger partial charge in [0.05, 0.1) is 6.61 Å². The van der Waals surface area contributed by atoms with Gasteiger partial charge < -0.3 is 14.6 Å². The van der Waals surface area contributed by atoms with E-state index < -0.39 is 19.8 Å². The number of ether oxygens (including phenoxy) is 2. The first kappa shape index (κ1) is 16.6. The number of aliphatic hydroxyl groups excluding tert-OH is 1. The van der Waals surface area contributed by atoms with Crippen LogP contribution in [0.2, 0.25) is 0 Å². The largest absolute Gasteiger partial charge is 0.542 e. The lowest BCUT2D eigenvalue weighted by molar-refractivity contribution is -0.145. The molecule has 1 aromatic rings. The minimum Gasteiger partial charge on any atom is -0.481 e. The lowest BCUT2D eigenvalue weighted by atomic mass is 10.1. The number of rotatable bonds is 6. The minimum atomic E-state index is -2.70. The van der Waals surface area contributed by atoms with Crippen molar-refractivity contribution in [2.75, 3.05) is 13.2 Å². The molecule has 110 valence electrons. The maximum absolute atomic E-state index is 11.2. The molecule has 0 amide bonds. The van der Waals surface area contributed by atoms with E-state index in [9.17, 15) is 14.5 Å². The van der Waals surface area contributed by atoms with Crippen LogP contribution in [0.5, 0.6) is 5.75 Å². The van der Waals surface area contributed by atoms with Gasteiger partial charge >= 0.3 is 19.8 Å². The molecule has 0 bridgehead atoms. The van der Waals surface area contributed by atoms with Crippen molar-refractivity contribution in [3.8, 4) is 5.75 Å². The Bertz CT molecular complexity index is 491. The van der Waals surface area contributed by atoms with Crippen LogP contribution < -0.4 is 4.74 Å². The van der Waals surface area contributed by atoms with Crippen molar-refractivity contribution < 1.29 is 28.8 Å². The van der Waals surface area contributed by atoms with E-state index in [0.717, 1.165) is 0 Å². The summed E-state index contributed by atoms with van der Waals surface area (Å²) in [5.41, 5.74) is 1.67. The summed E-state index contributed by atoms with van der Waals surface area (Å²) in [5.74, 6) is -1.39. The summed E-state index contributed by atoms with van der Waals surface area (Å²) in [6.45, 7) is 5.25. The third-order valence-electron chi connectivity index (χ3n) is 2.63. The Labute approximate surface area is 118 Å². The van der Waals surface area contributed by atoms with E-state index in [4.69, 9.17) is 14.4 Å². The highest BCUT2D eigenvalue weighted by Crippen LogP contribution is 2.37. The second kappa shape index (κ2) is 7.33. The first-order valence-electron chi connectivity index (χ1n) is 6.09. The van der Waals surface area contributed by atoms with Gasteiger partial charge in [-0.2, -0.15) is 4.89 Å². The van der Waals surface area contributed by atoms with Crippen LogP contribution in [0.15, 0.2) is 12.1 Å². The highest BCUT2D eigenvalue weighted by molar-refractivity contribution is 7.38. The summed E-state index contributed by atoms with van der Waals surface area (Å²) < 4.78 is 21.0. The molecule has 2 N–H and O–H groups in total. The molecule has 2 atom stereocenters. The van der Waals surface area contributed by atoms with Gasteiger partial charge in [-0.25, -0.2) is 4.79 Å². The molecule has 1 aromatic carbocycles. The maximum atomic E-state index is 11.2. The average molecular weight is 301 g/mol. The van der Waals surface area contributed by atoms with Gasteiger partial charge in [-0.1, -0.05) is 0 Å². The number of aryl methyl sites for hydroxylation is 2. The first-order valence-corrected chi connectivity index (χ1v) is 7.37. The summed E-state index contributed by atoms with van der Waals surface area (Å²) in [5, 5.41) is 9.58. The maximum Gasteiger partial charge on any atom is 0.542 e.